The number of carbonyl (C=O) groups excluding carboxylic acids is 1. The highest BCUT2D eigenvalue weighted by atomic mass is 32.1. The molecule has 1 fully saturated rings. The van der Waals surface area contributed by atoms with E-state index in [-0.39, 0.29) is 5.91 Å². The van der Waals surface area contributed by atoms with Crippen LogP contribution < -0.4 is 4.90 Å². The average molecular weight is 380 g/mol. The van der Waals surface area contributed by atoms with Crippen LogP contribution in [0.25, 0.3) is 10.2 Å². The third-order valence-electron chi connectivity index (χ3n) is 5.44. The van der Waals surface area contributed by atoms with E-state index in [0.717, 1.165) is 43.1 Å². The van der Waals surface area contributed by atoms with E-state index in [4.69, 9.17) is 0 Å². The third-order valence-corrected chi connectivity index (χ3v) is 6.54. The Kier molecular flexibility index (Phi) is 5.12. The van der Waals surface area contributed by atoms with Crippen LogP contribution in [-0.2, 0) is 11.2 Å². The van der Waals surface area contributed by atoms with Gasteiger partial charge in [0.25, 0.3) is 0 Å². The number of benzene rings is 2. The van der Waals surface area contributed by atoms with Crippen molar-refractivity contribution in [3.05, 3.63) is 58.6 Å². The summed E-state index contributed by atoms with van der Waals surface area (Å²) in [6.07, 6.45) is 1.28. The zero-order chi connectivity index (χ0) is 18.8. The molecular formula is C22H25N3OS. The van der Waals surface area contributed by atoms with Crippen molar-refractivity contribution < 1.29 is 4.79 Å². The molecule has 27 heavy (non-hydrogen) atoms. The monoisotopic (exact) mass is 379 g/mol. The number of hydrogen-bond acceptors (Lipinski definition) is 4. The van der Waals surface area contributed by atoms with Gasteiger partial charge in [-0.25, -0.2) is 4.98 Å². The molecule has 0 unspecified atom stereocenters. The molecule has 140 valence electrons. The van der Waals surface area contributed by atoms with Gasteiger partial charge in [0.1, 0.15) is 0 Å². The summed E-state index contributed by atoms with van der Waals surface area (Å²) in [6, 6.07) is 14.6. The summed E-state index contributed by atoms with van der Waals surface area (Å²) >= 11 is 1.70. The van der Waals surface area contributed by atoms with Crippen molar-refractivity contribution in [2.45, 2.75) is 26.7 Å². The fraction of sp³-hybridized carbons (Fsp3) is 0.364. The SMILES string of the molecule is Cc1cccc(N2CCN(C(=O)CCc3nc4ccccc4s3)CC2)c1C. The number of fused-ring (bicyclic) bond motifs is 1. The highest BCUT2D eigenvalue weighted by molar-refractivity contribution is 7.18. The predicted octanol–water partition coefficient (Wildman–Crippen LogP) is 4.19. The summed E-state index contributed by atoms with van der Waals surface area (Å²) < 4.78 is 1.20. The standard InChI is InChI=1S/C22H25N3OS/c1-16-6-5-8-19(17(16)2)24-12-14-25(15-13-24)22(26)11-10-21-23-18-7-3-4-9-20(18)27-21/h3-9H,10-15H2,1-2H3. The number of hydrogen-bond donors (Lipinski definition) is 0. The summed E-state index contributed by atoms with van der Waals surface area (Å²) in [5.74, 6) is 0.245. The average Bonchev–Trinajstić information content (AvgIpc) is 3.11. The van der Waals surface area contributed by atoms with Crippen molar-refractivity contribution in [1.29, 1.82) is 0 Å². The number of aryl methyl sites for hydroxylation is 2. The Morgan fingerprint density at radius 3 is 2.59 bits per heavy atom. The van der Waals surface area contributed by atoms with E-state index >= 15 is 0 Å². The molecule has 0 atom stereocenters. The predicted molar refractivity (Wildman–Crippen MR) is 113 cm³/mol. The molecule has 1 aliphatic heterocycles. The summed E-state index contributed by atoms with van der Waals surface area (Å²) in [5, 5.41) is 1.05. The normalized spacial score (nSPS) is 14.7. The van der Waals surface area contributed by atoms with Crippen LogP contribution in [0.3, 0.4) is 0 Å². The minimum atomic E-state index is 0.245. The number of para-hydroxylation sites is 1. The fourth-order valence-corrected chi connectivity index (χ4v) is 4.64. The Bertz CT molecular complexity index is 924. The van der Waals surface area contributed by atoms with E-state index < -0.39 is 0 Å². The van der Waals surface area contributed by atoms with Crippen LogP contribution in [0.5, 0.6) is 0 Å². The molecule has 0 saturated carbocycles. The molecule has 2 aromatic carbocycles. The largest absolute Gasteiger partial charge is 0.368 e. The summed E-state index contributed by atoms with van der Waals surface area (Å²) in [6.45, 7) is 7.73. The third kappa shape index (κ3) is 3.83. The molecule has 0 radical (unpaired) electrons. The molecular weight excluding hydrogens is 354 g/mol. The molecule has 3 aromatic rings. The van der Waals surface area contributed by atoms with Gasteiger partial charge in [-0.2, -0.15) is 0 Å². The molecule has 1 amide bonds. The molecule has 1 aliphatic rings. The Hall–Kier alpha value is -2.40. The first kappa shape index (κ1) is 18.0. The second kappa shape index (κ2) is 7.69. The highest BCUT2D eigenvalue weighted by Crippen LogP contribution is 2.25. The van der Waals surface area contributed by atoms with E-state index in [0.29, 0.717) is 6.42 Å². The van der Waals surface area contributed by atoms with Gasteiger partial charge in [0.2, 0.25) is 5.91 Å². The number of nitrogens with zero attached hydrogens (tertiary/aromatic N) is 3. The number of thiazole rings is 1. The number of amides is 1. The molecule has 1 saturated heterocycles. The van der Waals surface area contributed by atoms with Gasteiger partial charge in [0.15, 0.2) is 0 Å². The van der Waals surface area contributed by atoms with E-state index in [2.05, 4.69) is 48.0 Å². The zero-order valence-corrected chi connectivity index (χ0v) is 16.8. The molecule has 0 N–H and O–H groups in total. The smallest absolute Gasteiger partial charge is 0.223 e. The van der Waals surface area contributed by atoms with Gasteiger partial charge < -0.3 is 9.80 Å². The van der Waals surface area contributed by atoms with E-state index in [1.54, 1.807) is 11.3 Å². The first-order chi connectivity index (χ1) is 13.1. The second-order valence-electron chi connectivity index (χ2n) is 7.16. The van der Waals surface area contributed by atoms with Crippen LogP contribution in [0.15, 0.2) is 42.5 Å². The van der Waals surface area contributed by atoms with Crippen molar-refractivity contribution in [2.75, 3.05) is 31.1 Å². The van der Waals surface area contributed by atoms with Crippen LogP contribution in [0.4, 0.5) is 5.69 Å². The topological polar surface area (TPSA) is 36.4 Å². The number of anilines is 1. The highest BCUT2D eigenvalue weighted by Gasteiger charge is 2.22. The van der Waals surface area contributed by atoms with Gasteiger partial charge in [0.05, 0.1) is 15.2 Å². The van der Waals surface area contributed by atoms with Crippen molar-refractivity contribution in [1.82, 2.24) is 9.88 Å². The summed E-state index contributed by atoms with van der Waals surface area (Å²) in [5.41, 5.74) is 5.00. The number of carbonyl (C=O) groups is 1. The Morgan fingerprint density at radius 1 is 1.04 bits per heavy atom. The van der Waals surface area contributed by atoms with Crippen LogP contribution in [0, 0.1) is 13.8 Å². The van der Waals surface area contributed by atoms with Crippen LogP contribution in [0.2, 0.25) is 0 Å². The van der Waals surface area contributed by atoms with Crippen molar-refractivity contribution in [3.63, 3.8) is 0 Å². The molecule has 4 rings (SSSR count). The first-order valence-corrected chi connectivity index (χ1v) is 10.4. The first-order valence-electron chi connectivity index (χ1n) is 9.55. The molecule has 1 aromatic heterocycles. The minimum absolute atomic E-state index is 0.245. The van der Waals surface area contributed by atoms with Gasteiger partial charge in [0, 0.05) is 44.7 Å². The lowest BCUT2D eigenvalue weighted by atomic mass is 10.1. The second-order valence-corrected chi connectivity index (χ2v) is 8.28. The van der Waals surface area contributed by atoms with Crippen molar-refractivity contribution in [3.8, 4) is 0 Å². The van der Waals surface area contributed by atoms with Crippen LogP contribution in [0.1, 0.15) is 22.6 Å². The summed E-state index contributed by atoms with van der Waals surface area (Å²) in [4.78, 5) is 21.7. The lowest BCUT2D eigenvalue weighted by Gasteiger charge is -2.37. The van der Waals surface area contributed by atoms with Crippen LogP contribution >= 0.6 is 11.3 Å². The molecule has 2 heterocycles. The number of piperazine rings is 1. The quantitative estimate of drug-likeness (QED) is 0.682. The Morgan fingerprint density at radius 2 is 1.81 bits per heavy atom. The number of aromatic nitrogens is 1. The molecule has 0 aliphatic carbocycles. The van der Waals surface area contributed by atoms with Gasteiger partial charge in [-0.3, -0.25) is 4.79 Å². The number of rotatable bonds is 4. The maximum Gasteiger partial charge on any atom is 0.223 e. The van der Waals surface area contributed by atoms with E-state index in [1.807, 2.05) is 23.1 Å². The molecule has 4 nitrogen and oxygen atoms in total. The lowest BCUT2D eigenvalue weighted by Crippen LogP contribution is -2.49. The van der Waals surface area contributed by atoms with Gasteiger partial charge in [-0.05, 0) is 43.2 Å². The Balaban J connectivity index is 1.32. The van der Waals surface area contributed by atoms with Gasteiger partial charge in [-0.1, -0.05) is 24.3 Å². The maximum atomic E-state index is 12.6. The minimum Gasteiger partial charge on any atom is -0.368 e. The fourth-order valence-electron chi connectivity index (χ4n) is 3.67. The van der Waals surface area contributed by atoms with E-state index in [9.17, 15) is 4.79 Å². The maximum absolute atomic E-state index is 12.6. The van der Waals surface area contributed by atoms with Gasteiger partial charge in [-0.15, -0.1) is 11.3 Å². The van der Waals surface area contributed by atoms with Crippen molar-refractivity contribution in [2.24, 2.45) is 0 Å². The van der Waals surface area contributed by atoms with Gasteiger partial charge >= 0.3 is 0 Å². The Labute approximate surface area is 164 Å². The lowest BCUT2D eigenvalue weighted by molar-refractivity contribution is -0.131. The molecule has 0 spiro atoms. The van der Waals surface area contributed by atoms with Crippen molar-refractivity contribution >= 4 is 33.1 Å². The van der Waals surface area contributed by atoms with E-state index in [1.165, 1.54) is 21.5 Å². The molecule has 5 heteroatoms. The van der Waals surface area contributed by atoms with Crippen LogP contribution in [-0.4, -0.2) is 42.0 Å². The zero-order valence-electron chi connectivity index (χ0n) is 15.9. The summed E-state index contributed by atoms with van der Waals surface area (Å²) in [7, 11) is 0. The molecule has 0 bridgehead atoms.